The van der Waals surface area contributed by atoms with E-state index in [4.69, 9.17) is 4.74 Å². The van der Waals surface area contributed by atoms with Crippen LogP contribution in [0.1, 0.15) is 19.8 Å². The third-order valence-electron chi connectivity index (χ3n) is 4.23. The molecular weight excluding hydrogens is 323 g/mol. The number of benzene rings is 1. The van der Waals surface area contributed by atoms with Crippen LogP contribution in [0.4, 0.5) is 10.2 Å². The van der Waals surface area contributed by atoms with Crippen LogP contribution in [-0.2, 0) is 4.79 Å². The minimum absolute atomic E-state index is 0.101. The zero-order valence-electron chi connectivity index (χ0n) is 14.1. The highest BCUT2D eigenvalue weighted by Crippen LogP contribution is 2.20. The molecule has 0 bridgehead atoms. The highest BCUT2D eigenvalue weighted by atomic mass is 19.1. The van der Waals surface area contributed by atoms with Gasteiger partial charge in [0.15, 0.2) is 17.7 Å². The largest absolute Gasteiger partial charge is 0.478 e. The molecule has 1 aromatic heterocycles. The molecule has 1 N–H and O–H groups in total. The van der Waals surface area contributed by atoms with Crippen molar-refractivity contribution in [2.45, 2.75) is 31.9 Å². The van der Waals surface area contributed by atoms with Crippen molar-refractivity contribution >= 4 is 11.7 Å². The predicted molar refractivity (Wildman–Crippen MR) is 91.7 cm³/mol. The minimum atomic E-state index is -0.719. The van der Waals surface area contributed by atoms with Gasteiger partial charge in [-0.15, -0.1) is 0 Å². The fourth-order valence-electron chi connectivity index (χ4n) is 2.87. The standard InChI is InChI=1S/C18H21FN4O2/c1-13(25-16-5-3-2-4-15(16)19)18(24)23-10-7-14(8-11-23)22-17-6-9-20-12-21-17/h2-6,9,12-14H,7-8,10-11H2,1H3,(H,20,21,22). The summed E-state index contributed by atoms with van der Waals surface area (Å²) in [4.78, 5) is 22.3. The lowest BCUT2D eigenvalue weighted by Gasteiger charge is -2.34. The van der Waals surface area contributed by atoms with Gasteiger partial charge in [0, 0.05) is 25.3 Å². The topological polar surface area (TPSA) is 67.3 Å². The van der Waals surface area contributed by atoms with Crippen LogP contribution in [0.2, 0.25) is 0 Å². The summed E-state index contributed by atoms with van der Waals surface area (Å²) >= 11 is 0. The number of hydrogen-bond donors (Lipinski definition) is 1. The number of nitrogens with zero attached hydrogens (tertiary/aromatic N) is 3. The molecule has 0 aliphatic carbocycles. The molecule has 1 saturated heterocycles. The first-order chi connectivity index (χ1) is 12.1. The maximum absolute atomic E-state index is 13.6. The molecule has 3 rings (SSSR count). The lowest BCUT2D eigenvalue weighted by Crippen LogP contribution is -2.47. The van der Waals surface area contributed by atoms with E-state index in [1.165, 1.54) is 18.5 Å². The molecule has 1 unspecified atom stereocenters. The van der Waals surface area contributed by atoms with E-state index in [1.54, 1.807) is 30.2 Å². The van der Waals surface area contributed by atoms with E-state index in [1.807, 2.05) is 6.07 Å². The number of carbonyl (C=O) groups excluding carboxylic acids is 1. The highest BCUT2D eigenvalue weighted by Gasteiger charge is 2.27. The lowest BCUT2D eigenvalue weighted by atomic mass is 10.0. The van der Waals surface area contributed by atoms with E-state index >= 15 is 0 Å². The first kappa shape index (κ1) is 17.1. The number of anilines is 1. The van der Waals surface area contributed by atoms with Crippen LogP contribution in [-0.4, -0.2) is 46.0 Å². The van der Waals surface area contributed by atoms with Crippen molar-refractivity contribution in [2.75, 3.05) is 18.4 Å². The molecule has 2 heterocycles. The second kappa shape index (κ2) is 7.92. The van der Waals surface area contributed by atoms with Crippen LogP contribution in [0.5, 0.6) is 5.75 Å². The third-order valence-corrected chi connectivity index (χ3v) is 4.23. The molecule has 1 fully saturated rings. The van der Waals surface area contributed by atoms with Gasteiger partial charge in [-0.3, -0.25) is 4.79 Å². The summed E-state index contributed by atoms with van der Waals surface area (Å²) in [6.07, 6.45) is 4.12. The summed E-state index contributed by atoms with van der Waals surface area (Å²) in [6, 6.07) is 8.20. The number of rotatable bonds is 5. The Morgan fingerprint density at radius 1 is 1.32 bits per heavy atom. The Balaban J connectivity index is 1.50. The second-order valence-corrected chi connectivity index (χ2v) is 6.03. The summed E-state index contributed by atoms with van der Waals surface area (Å²) in [7, 11) is 0. The van der Waals surface area contributed by atoms with Gasteiger partial charge >= 0.3 is 0 Å². The summed E-state index contributed by atoms with van der Waals surface area (Å²) in [5, 5.41) is 3.35. The normalized spacial score (nSPS) is 16.3. The summed E-state index contributed by atoms with van der Waals surface area (Å²) < 4.78 is 19.1. The summed E-state index contributed by atoms with van der Waals surface area (Å²) in [5.41, 5.74) is 0. The molecule has 7 heteroatoms. The van der Waals surface area contributed by atoms with E-state index in [-0.39, 0.29) is 17.7 Å². The van der Waals surface area contributed by atoms with Crippen molar-refractivity contribution in [2.24, 2.45) is 0 Å². The molecule has 1 aliphatic heterocycles. The van der Waals surface area contributed by atoms with Crippen LogP contribution in [0.3, 0.4) is 0 Å². The Morgan fingerprint density at radius 3 is 2.76 bits per heavy atom. The fraction of sp³-hybridized carbons (Fsp3) is 0.389. The zero-order chi connectivity index (χ0) is 17.6. The predicted octanol–water partition coefficient (Wildman–Crippen LogP) is 2.49. The minimum Gasteiger partial charge on any atom is -0.478 e. The Bertz CT molecular complexity index is 705. The second-order valence-electron chi connectivity index (χ2n) is 6.03. The fourth-order valence-corrected chi connectivity index (χ4v) is 2.87. The van der Waals surface area contributed by atoms with Gasteiger partial charge in [0.25, 0.3) is 5.91 Å². The lowest BCUT2D eigenvalue weighted by molar-refractivity contribution is -0.139. The number of nitrogens with one attached hydrogen (secondary N) is 1. The summed E-state index contributed by atoms with van der Waals surface area (Å²) in [6.45, 7) is 2.92. The van der Waals surface area contributed by atoms with Crippen LogP contribution >= 0.6 is 0 Å². The smallest absolute Gasteiger partial charge is 0.263 e. The first-order valence-corrected chi connectivity index (χ1v) is 8.36. The van der Waals surface area contributed by atoms with E-state index < -0.39 is 11.9 Å². The van der Waals surface area contributed by atoms with Crippen molar-refractivity contribution in [3.63, 3.8) is 0 Å². The highest BCUT2D eigenvalue weighted by molar-refractivity contribution is 5.81. The third kappa shape index (κ3) is 4.43. The number of amides is 1. The van der Waals surface area contributed by atoms with Crippen molar-refractivity contribution in [3.8, 4) is 5.75 Å². The number of para-hydroxylation sites is 1. The van der Waals surface area contributed by atoms with Crippen LogP contribution < -0.4 is 10.1 Å². The average molecular weight is 344 g/mol. The molecule has 1 amide bonds. The molecule has 25 heavy (non-hydrogen) atoms. The number of likely N-dealkylation sites (tertiary alicyclic amines) is 1. The number of halogens is 1. The Kier molecular flexibility index (Phi) is 5.42. The van der Waals surface area contributed by atoms with Crippen molar-refractivity contribution < 1.29 is 13.9 Å². The van der Waals surface area contributed by atoms with Gasteiger partial charge in [0.05, 0.1) is 0 Å². The molecule has 0 radical (unpaired) electrons. The van der Waals surface area contributed by atoms with Crippen LogP contribution in [0.25, 0.3) is 0 Å². The van der Waals surface area contributed by atoms with Crippen molar-refractivity contribution in [1.82, 2.24) is 14.9 Å². The number of ether oxygens (including phenoxy) is 1. The zero-order valence-corrected chi connectivity index (χ0v) is 14.1. The number of aromatic nitrogens is 2. The molecular formula is C18H21FN4O2. The monoisotopic (exact) mass is 344 g/mol. The molecule has 2 aromatic rings. The van der Waals surface area contributed by atoms with E-state index in [0.717, 1.165) is 18.7 Å². The molecule has 132 valence electrons. The van der Waals surface area contributed by atoms with E-state index in [9.17, 15) is 9.18 Å². The number of piperidine rings is 1. The van der Waals surface area contributed by atoms with E-state index in [0.29, 0.717) is 13.1 Å². The van der Waals surface area contributed by atoms with Gasteiger partial charge in [0.1, 0.15) is 12.1 Å². The SMILES string of the molecule is CC(Oc1ccccc1F)C(=O)N1CCC(Nc2ccncn2)CC1. The Labute approximate surface area is 146 Å². The molecule has 1 atom stereocenters. The van der Waals surface area contributed by atoms with Gasteiger partial charge in [-0.25, -0.2) is 14.4 Å². The number of carbonyl (C=O) groups is 1. The van der Waals surface area contributed by atoms with Gasteiger partial charge < -0.3 is 15.0 Å². The van der Waals surface area contributed by atoms with Crippen molar-refractivity contribution in [1.29, 1.82) is 0 Å². The van der Waals surface area contributed by atoms with Crippen LogP contribution in [0.15, 0.2) is 42.9 Å². The summed E-state index contributed by atoms with van der Waals surface area (Å²) in [5.74, 6) is 0.304. The molecule has 1 aromatic carbocycles. The molecule has 1 aliphatic rings. The maximum Gasteiger partial charge on any atom is 0.263 e. The molecule has 0 saturated carbocycles. The first-order valence-electron chi connectivity index (χ1n) is 8.36. The van der Waals surface area contributed by atoms with Crippen LogP contribution in [0, 0.1) is 5.82 Å². The maximum atomic E-state index is 13.6. The van der Waals surface area contributed by atoms with Gasteiger partial charge in [-0.05, 0) is 38.0 Å². The average Bonchev–Trinajstić information content (AvgIpc) is 2.64. The Hall–Kier alpha value is -2.70. The number of hydrogen-bond acceptors (Lipinski definition) is 5. The van der Waals surface area contributed by atoms with Gasteiger partial charge in [-0.2, -0.15) is 0 Å². The van der Waals surface area contributed by atoms with Crippen molar-refractivity contribution in [3.05, 3.63) is 48.7 Å². The van der Waals surface area contributed by atoms with E-state index in [2.05, 4.69) is 15.3 Å². The quantitative estimate of drug-likeness (QED) is 0.903. The Morgan fingerprint density at radius 2 is 2.08 bits per heavy atom. The molecule has 6 nitrogen and oxygen atoms in total. The van der Waals surface area contributed by atoms with Gasteiger partial charge in [-0.1, -0.05) is 12.1 Å². The molecule has 0 spiro atoms. The van der Waals surface area contributed by atoms with Gasteiger partial charge in [0.2, 0.25) is 0 Å².